The van der Waals surface area contributed by atoms with E-state index in [0.717, 1.165) is 13.0 Å². The van der Waals surface area contributed by atoms with Crippen molar-refractivity contribution >= 4 is 11.5 Å². The van der Waals surface area contributed by atoms with E-state index in [1.807, 2.05) is 0 Å². The second-order valence-corrected chi connectivity index (χ2v) is 4.36. The number of cyclic esters (lactones) is 1. The van der Waals surface area contributed by atoms with Crippen LogP contribution in [0.5, 0.6) is 0 Å². The number of hydrogen-bond donors (Lipinski definition) is 0. The Labute approximate surface area is 102 Å². The molecule has 0 spiro atoms. The van der Waals surface area contributed by atoms with Gasteiger partial charge in [0.25, 0.3) is 0 Å². The molecule has 0 aromatic heterocycles. The number of hydrogen-bond acceptors (Lipinski definition) is 2. The lowest BCUT2D eigenvalue weighted by Crippen LogP contribution is -2.48. The molecule has 0 saturated heterocycles. The first-order valence-electron chi connectivity index (χ1n) is 5.37. The third-order valence-electron chi connectivity index (χ3n) is 2.89. The zero-order chi connectivity index (χ0) is 13.4. The Hall–Kier alpha value is -1.78. The van der Waals surface area contributed by atoms with E-state index in [2.05, 4.69) is 4.74 Å². The Kier molecular flexibility index (Phi) is 2.92. The first kappa shape index (κ1) is 12.7. The molecule has 96 valence electrons. The predicted octanol–water partition coefficient (Wildman–Crippen LogP) is 3.34. The van der Waals surface area contributed by atoms with Crippen molar-refractivity contribution in [2.24, 2.45) is 0 Å². The maximum absolute atomic E-state index is 12.9. The van der Waals surface area contributed by atoms with Gasteiger partial charge >= 0.3 is 12.1 Å². The molecule has 1 heterocycles. The molecule has 1 aromatic carbocycles. The highest BCUT2D eigenvalue weighted by Gasteiger charge is 2.56. The van der Waals surface area contributed by atoms with Crippen molar-refractivity contribution in [2.75, 3.05) is 0 Å². The van der Waals surface area contributed by atoms with Gasteiger partial charge in [-0.3, -0.25) is 0 Å². The van der Waals surface area contributed by atoms with Gasteiger partial charge in [0.2, 0.25) is 5.60 Å². The zero-order valence-corrected chi connectivity index (χ0v) is 9.62. The molecular formula is C13H11F3O2. The van der Waals surface area contributed by atoms with E-state index in [1.54, 1.807) is 30.3 Å². The Balaban J connectivity index is 2.38. The van der Waals surface area contributed by atoms with Gasteiger partial charge in [-0.15, -0.1) is 0 Å². The number of esters is 1. The molecule has 0 unspecified atom stereocenters. The number of carbonyl (C=O) groups is 1. The normalized spacial score (nSPS) is 24.4. The van der Waals surface area contributed by atoms with Gasteiger partial charge in [-0.1, -0.05) is 30.3 Å². The molecule has 0 radical (unpaired) electrons. The van der Waals surface area contributed by atoms with Crippen LogP contribution in [-0.2, 0) is 9.53 Å². The summed E-state index contributed by atoms with van der Waals surface area (Å²) in [5, 5.41) is 0. The third kappa shape index (κ3) is 2.25. The van der Waals surface area contributed by atoms with Crippen LogP contribution in [0.2, 0.25) is 0 Å². The standard InChI is InChI=1S/C13H11F3O2/c1-12(13(14,15)16)8-10(7-11(17)18-12)9-5-3-2-4-6-9/h2-7H,8H2,1H3/t12-/m0/s1. The quantitative estimate of drug-likeness (QED) is 0.720. The van der Waals surface area contributed by atoms with Crippen LogP contribution in [0.3, 0.4) is 0 Å². The number of ether oxygens (including phenoxy) is 1. The average molecular weight is 256 g/mol. The van der Waals surface area contributed by atoms with Crippen molar-refractivity contribution < 1.29 is 22.7 Å². The van der Waals surface area contributed by atoms with E-state index in [9.17, 15) is 18.0 Å². The van der Waals surface area contributed by atoms with E-state index in [1.165, 1.54) is 0 Å². The van der Waals surface area contributed by atoms with Crippen LogP contribution in [0.15, 0.2) is 36.4 Å². The molecule has 0 N–H and O–H groups in total. The third-order valence-corrected chi connectivity index (χ3v) is 2.89. The maximum Gasteiger partial charge on any atom is 0.428 e. The van der Waals surface area contributed by atoms with Crippen molar-refractivity contribution in [3.05, 3.63) is 42.0 Å². The molecule has 1 atom stereocenters. The molecule has 1 aliphatic rings. The number of halogens is 3. The molecule has 2 rings (SSSR count). The topological polar surface area (TPSA) is 26.3 Å². The lowest BCUT2D eigenvalue weighted by Gasteiger charge is -2.34. The van der Waals surface area contributed by atoms with Crippen LogP contribution >= 0.6 is 0 Å². The van der Waals surface area contributed by atoms with Crippen molar-refractivity contribution in [3.63, 3.8) is 0 Å². The van der Waals surface area contributed by atoms with Crippen LogP contribution in [-0.4, -0.2) is 17.7 Å². The molecule has 18 heavy (non-hydrogen) atoms. The van der Waals surface area contributed by atoms with E-state index < -0.39 is 17.7 Å². The van der Waals surface area contributed by atoms with Gasteiger partial charge in [-0.05, 0) is 18.1 Å². The highest BCUT2D eigenvalue weighted by atomic mass is 19.4. The van der Waals surface area contributed by atoms with Crippen LogP contribution < -0.4 is 0 Å². The predicted molar refractivity (Wildman–Crippen MR) is 59.6 cm³/mol. The molecule has 0 amide bonds. The fourth-order valence-corrected chi connectivity index (χ4v) is 1.84. The minimum absolute atomic E-state index is 0.340. The molecule has 0 fully saturated rings. The summed E-state index contributed by atoms with van der Waals surface area (Å²) in [6.45, 7) is 0.890. The highest BCUT2D eigenvalue weighted by Crippen LogP contribution is 2.42. The smallest absolute Gasteiger partial charge is 0.428 e. The fourth-order valence-electron chi connectivity index (χ4n) is 1.84. The SMILES string of the molecule is C[C@@]1(C(F)(F)F)CC(c2ccccc2)=CC(=O)O1. The molecular weight excluding hydrogens is 245 g/mol. The second kappa shape index (κ2) is 4.15. The summed E-state index contributed by atoms with van der Waals surface area (Å²) in [4.78, 5) is 11.3. The molecule has 1 aromatic rings. The van der Waals surface area contributed by atoms with Crippen molar-refractivity contribution in [2.45, 2.75) is 25.1 Å². The summed E-state index contributed by atoms with van der Waals surface area (Å²) >= 11 is 0. The van der Waals surface area contributed by atoms with Gasteiger partial charge in [0.15, 0.2) is 0 Å². The minimum Gasteiger partial charge on any atom is -0.446 e. The number of alkyl halides is 3. The Morgan fingerprint density at radius 3 is 2.39 bits per heavy atom. The largest absolute Gasteiger partial charge is 0.446 e. The van der Waals surface area contributed by atoms with Gasteiger partial charge in [0, 0.05) is 12.5 Å². The first-order valence-corrected chi connectivity index (χ1v) is 5.37. The van der Waals surface area contributed by atoms with Crippen molar-refractivity contribution in [3.8, 4) is 0 Å². The van der Waals surface area contributed by atoms with Crippen LogP contribution in [0.4, 0.5) is 13.2 Å². The minimum atomic E-state index is -4.59. The summed E-state index contributed by atoms with van der Waals surface area (Å²) in [7, 11) is 0. The van der Waals surface area contributed by atoms with Gasteiger partial charge in [-0.25, -0.2) is 4.79 Å². The maximum atomic E-state index is 12.9. The van der Waals surface area contributed by atoms with Crippen LogP contribution in [0.1, 0.15) is 18.9 Å². The number of carbonyl (C=O) groups excluding carboxylic acids is 1. The first-order chi connectivity index (χ1) is 8.32. The molecule has 2 nitrogen and oxygen atoms in total. The molecule has 0 saturated carbocycles. The summed E-state index contributed by atoms with van der Waals surface area (Å²) < 4.78 is 43.1. The fraction of sp³-hybridized carbons (Fsp3) is 0.308. The van der Waals surface area contributed by atoms with E-state index in [0.29, 0.717) is 11.1 Å². The monoisotopic (exact) mass is 256 g/mol. The number of rotatable bonds is 1. The Morgan fingerprint density at radius 1 is 1.22 bits per heavy atom. The van der Waals surface area contributed by atoms with E-state index in [-0.39, 0.29) is 6.42 Å². The second-order valence-electron chi connectivity index (χ2n) is 4.36. The van der Waals surface area contributed by atoms with Gasteiger partial charge in [0.1, 0.15) is 0 Å². The van der Waals surface area contributed by atoms with Gasteiger partial charge in [-0.2, -0.15) is 13.2 Å². The summed E-state index contributed by atoms with van der Waals surface area (Å²) in [5.74, 6) is -0.958. The van der Waals surface area contributed by atoms with Crippen molar-refractivity contribution in [1.29, 1.82) is 0 Å². The lowest BCUT2D eigenvalue weighted by atomic mass is 9.89. The van der Waals surface area contributed by atoms with Crippen molar-refractivity contribution in [1.82, 2.24) is 0 Å². The summed E-state index contributed by atoms with van der Waals surface area (Å²) in [5.41, 5.74) is -1.51. The Bertz CT molecular complexity index is 491. The van der Waals surface area contributed by atoms with E-state index >= 15 is 0 Å². The molecule has 1 aliphatic heterocycles. The summed E-state index contributed by atoms with van der Waals surface area (Å²) in [6.07, 6.45) is -3.84. The zero-order valence-electron chi connectivity index (χ0n) is 9.62. The highest BCUT2D eigenvalue weighted by molar-refractivity contribution is 5.93. The molecule has 5 heteroatoms. The average Bonchev–Trinajstić information content (AvgIpc) is 2.27. The Morgan fingerprint density at radius 2 is 1.83 bits per heavy atom. The lowest BCUT2D eigenvalue weighted by molar-refractivity contribution is -0.261. The molecule has 0 aliphatic carbocycles. The van der Waals surface area contributed by atoms with Gasteiger partial charge in [0.05, 0.1) is 0 Å². The van der Waals surface area contributed by atoms with Gasteiger partial charge < -0.3 is 4.74 Å². The van der Waals surface area contributed by atoms with Crippen LogP contribution in [0, 0.1) is 0 Å². The molecule has 0 bridgehead atoms. The number of benzene rings is 1. The summed E-state index contributed by atoms with van der Waals surface area (Å²) in [6, 6.07) is 8.51. The van der Waals surface area contributed by atoms with E-state index in [4.69, 9.17) is 0 Å². The van der Waals surface area contributed by atoms with Crippen LogP contribution in [0.25, 0.3) is 5.57 Å².